The Morgan fingerprint density at radius 3 is 2.33 bits per heavy atom. The highest BCUT2D eigenvalue weighted by Crippen LogP contribution is 2.36. The molecule has 0 saturated carbocycles. The first-order valence-electron chi connectivity index (χ1n) is 7.93. The average Bonchev–Trinajstić information content (AvgIpc) is 2.61. The molecular formula is C18H29NO2. The molecule has 1 aliphatic rings. The molecule has 0 bridgehead atoms. The Hall–Kier alpha value is -1.22. The van der Waals surface area contributed by atoms with E-state index in [4.69, 9.17) is 9.47 Å². The molecule has 21 heavy (non-hydrogen) atoms. The average molecular weight is 291 g/mol. The highest BCUT2D eigenvalue weighted by molar-refractivity contribution is 5.45. The molecule has 1 aliphatic heterocycles. The molecule has 1 aromatic carbocycles. The van der Waals surface area contributed by atoms with Crippen molar-refractivity contribution >= 4 is 0 Å². The van der Waals surface area contributed by atoms with Crippen molar-refractivity contribution in [1.29, 1.82) is 0 Å². The minimum absolute atomic E-state index is 0.114. The third-order valence-electron chi connectivity index (χ3n) is 3.93. The summed E-state index contributed by atoms with van der Waals surface area (Å²) in [5, 5.41) is 3.56. The van der Waals surface area contributed by atoms with Crippen LogP contribution >= 0.6 is 0 Å². The maximum absolute atomic E-state index is 5.80. The van der Waals surface area contributed by atoms with E-state index in [1.54, 1.807) is 0 Å². The largest absolute Gasteiger partial charge is 0.490 e. The van der Waals surface area contributed by atoms with Gasteiger partial charge in [0, 0.05) is 12.0 Å². The Morgan fingerprint density at radius 1 is 1.00 bits per heavy atom. The molecule has 0 spiro atoms. The number of hydrogen-bond acceptors (Lipinski definition) is 3. The van der Waals surface area contributed by atoms with Gasteiger partial charge in [-0.25, -0.2) is 0 Å². The van der Waals surface area contributed by atoms with E-state index in [2.05, 4.69) is 58.1 Å². The fraction of sp³-hybridized carbons (Fsp3) is 0.667. The van der Waals surface area contributed by atoms with Crippen LogP contribution < -0.4 is 14.8 Å². The standard InChI is InChI=1S/C18H29NO2/c1-17(2,3)19-10-9-18(4,5)14-7-8-15-16(13-14)21-12-6-11-20-15/h7-8,13,19H,6,9-12H2,1-5H3. The number of nitrogens with one attached hydrogen (secondary N) is 1. The normalized spacial score (nSPS) is 15.7. The summed E-state index contributed by atoms with van der Waals surface area (Å²) in [6.07, 6.45) is 2.03. The zero-order chi connectivity index (χ0) is 15.5. The van der Waals surface area contributed by atoms with E-state index < -0.39 is 0 Å². The van der Waals surface area contributed by atoms with Gasteiger partial charge >= 0.3 is 0 Å². The second-order valence-electron chi connectivity index (χ2n) is 7.52. The quantitative estimate of drug-likeness (QED) is 0.912. The molecule has 3 nitrogen and oxygen atoms in total. The lowest BCUT2D eigenvalue weighted by Crippen LogP contribution is -2.38. The Morgan fingerprint density at radius 2 is 1.67 bits per heavy atom. The Balaban J connectivity index is 2.07. The summed E-state index contributed by atoms with van der Waals surface area (Å²) >= 11 is 0. The highest BCUT2D eigenvalue weighted by Gasteiger charge is 2.23. The van der Waals surface area contributed by atoms with Crippen LogP contribution in [-0.2, 0) is 5.41 Å². The zero-order valence-corrected chi connectivity index (χ0v) is 14.1. The maximum Gasteiger partial charge on any atom is 0.161 e. The van der Waals surface area contributed by atoms with Crippen LogP contribution in [-0.4, -0.2) is 25.3 Å². The number of fused-ring (bicyclic) bond motifs is 1. The first-order chi connectivity index (χ1) is 9.78. The van der Waals surface area contributed by atoms with Gasteiger partial charge in [-0.1, -0.05) is 19.9 Å². The maximum atomic E-state index is 5.80. The van der Waals surface area contributed by atoms with Gasteiger partial charge in [-0.2, -0.15) is 0 Å². The van der Waals surface area contributed by atoms with Gasteiger partial charge in [-0.3, -0.25) is 0 Å². The second kappa shape index (κ2) is 6.27. The summed E-state index contributed by atoms with van der Waals surface area (Å²) < 4.78 is 11.5. The van der Waals surface area contributed by atoms with E-state index in [0.717, 1.165) is 44.1 Å². The van der Waals surface area contributed by atoms with E-state index >= 15 is 0 Å². The van der Waals surface area contributed by atoms with E-state index in [1.165, 1.54) is 5.56 Å². The van der Waals surface area contributed by atoms with E-state index in [9.17, 15) is 0 Å². The summed E-state index contributed by atoms with van der Waals surface area (Å²) in [7, 11) is 0. The molecule has 118 valence electrons. The van der Waals surface area contributed by atoms with Gasteiger partial charge in [0.15, 0.2) is 11.5 Å². The molecular weight excluding hydrogens is 262 g/mol. The van der Waals surface area contributed by atoms with Gasteiger partial charge in [-0.15, -0.1) is 0 Å². The van der Waals surface area contributed by atoms with Gasteiger partial charge in [0.1, 0.15) is 0 Å². The molecule has 1 heterocycles. The van der Waals surface area contributed by atoms with Crippen molar-refractivity contribution in [2.45, 2.75) is 58.4 Å². The van der Waals surface area contributed by atoms with Crippen molar-refractivity contribution in [3.63, 3.8) is 0 Å². The Bertz CT molecular complexity index is 475. The van der Waals surface area contributed by atoms with Crippen LogP contribution in [0.3, 0.4) is 0 Å². The van der Waals surface area contributed by atoms with Crippen molar-refractivity contribution in [1.82, 2.24) is 5.32 Å². The van der Waals surface area contributed by atoms with Gasteiger partial charge in [-0.05, 0) is 56.8 Å². The molecule has 0 aliphatic carbocycles. The van der Waals surface area contributed by atoms with Crippen molar-refractivity contribution in [2.24, 2.45) is 0 Å². The topological polar surface area (TPSA) is 30.5 Å². The second-order valence-corrected chi connectivity index (χ2v) is 7.52. The molecule has 0 fully saturated rings. The molecule has 0 amide bonds. The predicted molar refractivity (Wildman–Crippen MR) is 87.4 cm³/mol. The lowest BCUT2D eigenvalue weighted by molar-refractivity contribution is 0.296. The van der Waals surface area contributed by atoms with E-state index in [-0.39, 0.29) is 11.0 Å². The minimum atomic E-state index is 0.114. The number of ether oxygens (including phenoxy) is 2. The summed E-state index contributed by atoms with van der Waals surface area (Å²) in [5.41, 5.74) is 1.59. The third-order valence-corrected chi connectivity index (χ3v) is 3.93. The number of rotatable bonds is 4. The molecule has 0 aromatic heterocycles. The van der Waals surface area contributed by atoms with Gasteiger partial charge in [0.05, 0.1) is 13.2 Å². The zero-order valence-electron chi connectivity index (χ0n) is 14.1. The fourth-order valence-corrected chi connectivity index (χ4v) is 2.48. The summed E-state index contributed by atoms with van der Waals surface area (Å²) in [5.74, 6) is 1.77. The summed E-state index contributed by atoms with van der Waals surface area (Å²) in [6.45, 7) is 13.7. The van der Waals surface area contributed by atoms with Crippen LogP contribution in [0.2, 0.25) is 0 Å². The van der Waals surface area contributed by atoms with Crippen molar-refractivity contribution in [3.05, 3.63) is 23.8 Å². The van der Waals surface area contributed by atoms with Crippen LogP contribution in [0.25, 0.3) is 0 Å². The molecule has 0 saturated heterocycles. The fourth-order valence-electron chi connectivity index (χ4n) is 2.48. The number of benzene rings is 1. The molecule has 0 radical (unpaired) electrons. The molecule has 0 unspecified atom stereocenters. The van der Waals surface area contributed by atoms with Crippen LogP contribution in [0.1, 0.15) is 53.0 Å². The third kappa shape index (κ3) is 4.63. The van der Waals surface area contributed by atoms with Crippen LogP contribution in [0.4, 0.5) is 0 Å². The van der Waals surface area contributed by atoms with E-state index in [0.29, 0.717) is 0 Å². The molecule has 1 N–H and O–H groups in total. The lowest BCUT2D eigenvalue weighted by atomic mass is 9.81. The number of hydrogen-bond donors (Lipinski definition) is 1. The molecule has 0 atom stereocenters. The van der Waals surface area contributed by atoms with Gasteiger partial charge in [0.2, 0.25) is 0 Å². The van der Waals surface area contributed by atoms with Crippen LogP contribution in [0, 0.1) is 0 Å². The smallest absolute Gasteiger partial charge is 0.161 e. The monoisotopic (exact) mass is 291 g/mol. The predicted octanol–water partition coefficient (Wildman–Crippen LogP) is 3.90. The van der Waals surface area contributed by atoms with Crippen molar-refractivity contribution in [2.75, 3.05) is 19.8 Å². The lowest BCUT2D eigenvalue weighted by Gasteiger charge is -2.29. The Labute approximate surface area is 129 Å². The molecule has 3 heteroatoms. The van der Waals surface area contributed by atoms with Gasteiger partial charge < -0.3 is 14.8 Å². The highest BCUT2D eigenvalue weighted by atomic mass is 16.5. The van der Waals surface area contributed by atoms with Crippen LogP contribution in [0.5, 0.6) is 11.5 Å². The first kappa shape index (κ1) is 16.2. The first-order valence-corrected chi connectivity index (χ1v) is 7.93. The summed E-state index contributed by atoms with van der Waals surface area (Å²) in [4.78, 5) is 0. The van der Waals surface area contributed by atoms with Crippen molar-refractivity contribution < 1.29 is 9.47 Å². The van der Waals surface area contributed by atoms with Crippen LogP contribution in [0.15, 0.2) is 18.2 Å². The summed E-state index contributed by atoms with van der Waals surface area (Å²) in [6, 6.07) is 6.37. The molecule has 1 aromatic rings. The molecule has 2 rings (SSSR count). The minimum Gasteiger partial charge on any atom is -0.490 e. The Kier molecular flexibility index (Phi) is 4.82. The SMILES string of the molecule is CC(C)(C)NCCC(C)(C)c1ccc2c(c1)OCCCO2. The van der Waals surface area contributed by atoms with Crippen molar-refractivity contribution in [3.8, 4) is 11.5 Å². The van der Waals surface area contributed by atoms with E-state index in [1.807, 2.05) is 0 Å². The van der Waals surface area contributed by atoms with Gasteiger partial charge in [0.25, 0.3) is 0 Å².